The van der Waals surface area contributed by atoms with Crippen molar-refractivity contribution in [3.05, 3.63) is 28.3 Å². The Morgan fingerprint density at radius 2 is 2.19 bits per heavy atom. The van der Waals surface area contributed by atoms with Gasteiger partial charge in [-0.3, -0.25) is 9.59 Å². The topological polar surface area (TPSA) is 46.2 Å². The molecule has 84 valence electrons. The van der Waals surface area contributed by atoms with E-state index in [0.717, 1.165) is 5.56 Å². The maximum Gasteiger partial charge on any atom is 0.228 e. The van der Waals surface area contributed by atoms with Gasteiger partial charge in [-0.2, -0.15) is 0 Å². The molecule has 0 aliphatic carbocycles. The molecule has 1 heterocycles. The Morgan fingerprint density at radius 1 is 1.50 bits per heavy atom. The van der Waals surface area contributed by atoms with Crippen LogP contribution in [-0.4, -0.2) is 17.1 Å². The van der Waals surface area contributed by atoms with Crippen LogP contribution >= 0.6 is 23.2 Å². The van der Waals surface area contributed by atoms with Crippen molar-refractivity contribution < 1.29 is 9.59 Å². The maximum atomic E-state index is 11.7. The molecule has 5 heteroatoms. The first-order chi connectivity index (χ1) is 7.49. The van der Waals surface area contributed by atoms with Gasteiger partial charge in [-0.1, -0.05) is 11.6 Å². The van der Waals surface area contributed by atoms with Gasteiger partial charge < -0.3 is 5.32 Å². The molecule has 1 atom stereocenters. The lowest BCUT2D eigenvalue weighted by Gasteiger charge is -2.07. The van der Waals surface area contributed by atoms with Crippen LogP contribution in [0.15, 0.2) is 12.1 Å². The Hall–Kier alpha value is -1.06. The number of nitrogens with one attached hydrogen (secondary N) is 1. The number of fused-ring (bicyclic) bond motifs is 1. The largest absolute Gasteiger partial charge is 0.324 e. The summed E-state index contributed by atoms with van der Waals surface area (Å²) < 4.78 is 0. The van der Waals surface area contributed by atoms with Gasteiger partial charge in [0.05, 0.1) is 22.5 Å². The molecule has 3 nitrogen and oxygen atoms in total. The molecule has 16 heavy (non-hydrogen) atoms. The van der Waals surface area contributed by atoms with Gasteiger partial charge in [0.15, 0.2) is 5.78 Å². The number of carbonyl (C=O) groups is 2. The van der Waals surface area contributed by atoms with Gasteiger partial charge in [-0.25, -0.2) is 0 Å². The summed E-state index contributed by atoms with van der Waals surface area (Å²) in [5.74, 6) is -0.300. The molecule has 0 bridgehead atoms. The zero-order valence-electron chi connectivity index (χ0n) is 8.51. The first-order valence-electron chi connectivity index (χ1n) is 4.79. The van der Waals surface area contributed by atoms with E-state index in [9.17, 15) is 9.59 Å². The van der Waals surface area contributed by atoms with Crippen molar-refractivity contribution in [2.24, 2.45) is 0 Å². The molecule has 1 aliphatic heterocycles. The highest BCUT2D eigenvalue weighted by Gasteiger charge is 2.23. The molecule has 0 aromatic heterocycles. The molecule has 1 aliphatic rings. The molecule has 0 saturated carbocycles. The van der Waals surface area contributed by atoms with Gasteiger partial charge in [0.1, 0.15) is 0 Å². The zero-order valence-corrected chi connectivity index (χ0v) is 10.0. The third-order valence-corrected chi connectivity index (χ3v) is 2.93. The summed E-state index contributed by atoms with van der Waals surface area (Å²) in [4.78, 5) is 22.9. The molecule has 1 aromatic carbocycles. The maximum absolute atomic E-state index is 11.7. The van der Waals surface area contributed by atoms with Crippen molar-refractivity contribution in [3.8, 4) is 0 Å². The summed E-state index contributed by atoms with van der Waals surface area (Å²) in [5.41, 5.74) is 1.80. The average molecular weight is 258 g/mol. The fourth-order valence-electron chi connectivity index (χ4n) is 1.67. The van der Waals surface area contributed by atoms with Gasteiger partial charge in [0.2, 0.25) is 5.91 Å². The van der Waals surface area contributed by atoms with Crippen molar-refractivity contribution in [2.75, 3.05) is 5.32 Å². The minimum Gasteiger partial charge on any atom is -0.324 e. The van der Waals surface area contributed by atoms with E-state index in [-0.39, 0.29) is 18.1 Å². The second-order valence-electron chi connectivity index (χ2n) is 3.70. The second kappa shape index (κ2) is 4.07. The Balaban J connectivity index is 2.46. The summed E-state index contributed by atoms with van der Waals surface area (Å²) in [7, 11) is 0. The fraction of sp³-hybridized carbons (Fsp3) is 0.273. The van der Waals surface area contributed by atoms with E-state index in [4.69, 9.17) is 23.2 Å². The van der Waals surface area contributed by atoms with Gasteiger partial charge in [-0.15, -0.1) is 11.6 Å². The Labute approximate surface area is 103 Å². The smallest absolute Gasteiger partial charge is 0.228 e. The van der Waals surface area contributed by atoms with Gasteiger partial charge in [0, 0.05) is 5.56 Å². The summed E-state index contributed by atoms with van der Waals surface area (Å²) in [5, 5.41) is 2.43. The number of Topliss-reactive ketones (excluding diaryl/α,β-unsaturated/α-hetero) is 1. The van der Waals surface area contributed by atoms with Gasteiger partial charge in [-0.05, 0) is 24.6 Å². The van der Waals surface area contributed by atoms with Crippen LogP contribution in [0.4, 0.5) is 5.69 Å². The predicted octanol–water partition coefficient (Wildman–Crippen LogP) is 2.64. The summed E-state index contributed by atoms with van der Waals surface area (Å²) in [6.07, 6.45) is 0.257. The number of rotatable bonds is 2. The number of alkyl halides is 1. The number of carbonyl (C=O) groups excluding carboxylic acids is 2. The molecule has 2 rings (SSSR count). The number of anilines is 1. The fourth-order valence-corrected chi connectivity index (χ4v) is 2.08. The van der Waals surface area contributed by atoms with E-state index in [1.54, 1.807) is 13.0 Å². The van der Waals surface area contributed by atoms with Crippen molar-refractivity contribution in [1.29, 1.82) is 0 Å². The number of hydrogen-bond donors (Lipinski definition) is 1. The van der Waals surface area contributed by atoms with Crippen molar-refractivity contribution >= 4 is 40.6 Å². The minimum atomic E-state index is -0.598. The van der Waals surface area contributed by atoms with Crippen LogP contribution in [0.3, 0.4) is 0 Å². The van der Waals surface area contributed by atoms with E-state index in [2.05, 4.69) is 5.32 Å². The van der Waals surface area contributed by atoms with E-state index < -0.39 is 5.38 Å². The van der Waals surface area contributed by atoms with Crippen LogP contribution in [0.2, 0.25) is 5.02 Å². The molecule has 1 unspecified atom stereocenters. The third-order valence-electron chi connectivity index (χ3n) is 2.43. The molecule has 0 radical (unpaired) electrons. The molecule has 0 spiro atoms. The number of amides is 1. The van der Waals surface area contributed by atoms with Crippen molar-refractivity contribution in [2.45, 2.75) is 18.7 Å². The molecule has 0 saturated heterocycles. The quantitative estimate of drug-likeness (QED) is 0.654. The number of halogens is 2. The average Bonchev–Trinajstić information content (AvgIpc) is 2.57. The summed E-state index contributed by atoms with van der Waals surface area (Å²) >= 11 is 11.7. The van der Waals surface area contributed by atoms with E-state index in [1.807, 2.05) is 0 Å². The first-order valence-corrected chi connectivity index (χ1v) is 5.61. The van der Waals surface area contributed by atoms with Gasteiger partial charge in [0.25, 0.3) is 0 Å². The Bertz CT molecular complexity index is 483. The number of hydrogen-bond acceptors (Lipinski definition) is 2. The normalized spacial score (nSPS) is 15.6. The molecule has 0 fully saturated rings. The van der Waals surface area contributed by atoms with Crippen molar-refractivity contribution in [3.63, 3.8) is 0 Å². The van der Waals surface area contributed by atoms with Crippen molar-refractivity contribution in [1.82, 2.24) is 0 Å². The Kier molecular flexibility index (Phi) is 2.91. The van der Waals surface area contributed by atoms with Crippen LogP contribution in [0.1, 0.15) is 22.8 Å². The standard InChI is InChI=1S/C11H9Cl2NO2/c1-5(12)11(16)7-2-6-4-9(15)14-10(6)8(13)3-7/h2-3,5H,4H2,1H3,(H,14,15). The molecular formula is C11H9Cl2NO2. The van der Waals surface area contributed by atoms with Gasteiger partial charge >= 0.3 is 0 Å². The third kappa shape index (κ3) is 1.93. The lowest BCUT2D eigenvalue weighted by Crippen LogP contribution is -2.10. The monoisotopic (exact) mass is 257 g/mol. The zero-order chi connectivity index (χ0) is 11.9. The van der Waals surface area contributed by atoms with Crippen LogP contribution in [0.25, 0.3) is 0 Å². The molecule has 1 aromatic rings. The second-order valence-corrected chi connectivity index (χ2v) is 4.76. The first kappa shape index (κ1) is 11.4. The summed E-state index contributed by atoms with van der Waals surface area (Å²) in [6, 6.07) is 3.20. The molecular weight excluding hydrogens is 249 g/mol. The lowest BCUT2D eigenvalue weighted by atomic mass is 10.0. The van der Waals surface area contributed by atoms with Crippen LogP contribution in [0.5, 0.6) is 0 Å². The lowest BCUT2D eigenvalue weighted by molar-refractivity contribution is -0.115. The molecule has 1 amide bonds. The number of ketones is 1. The highest BCUT2D eigenvalue weighted by molar-refractivity contribution is 6.36. The molecule has 1 N–H and O–H groups in total. The van der Waals surface area contributed by atoms with Crippen LogP contribution in [0, 0.1) is 0 Å². The van der Waals surface area contributed by atoms with E-state index in [0.29, 0.717) is 16.3 Å². The van der Waals surface area contributed by atoms with Crippen LogP contribution < -0.4 is 5.32 Å². The highest BCUT2D eigenvalue weighted by Crippen LogP contribution is 2.32. The SMILES string of the molecule is CC(Cl)C(=O)c1cc(Cl)c2c(c1)CC(=O)N2. The Morgan fingerprint density at radius 3 is 2.81 bits per heavy atom. The predicted molar refractivity (Wildman–Crippen MR) is 63.4 cm³/mol. The highest BCUT2D eigenvalue weighted by atomic mass is 35.5. The van der Waals surface area contributed by atoms with Crippen LogP contribution in [-0.2, 0) is 11.2 Å². The van der Waals surface area contributed by atoms with E-state index in [1.165, 1.54) is 6.07 Å². The summed E-state index contributed by atoms with van der Waals surface area (Å²) in [6.45, 7) is 1.61. The minimum absolute atomic E-state index is 0.111. The number of benzene rings is 1. The van der Waals surface area contributed by atoms with E-state index >= 15 is 0 Å².